The van der Waals surface area contributed by atoms with Crippen LogP contribution < -0.4 is 0 Å². The van der Waals surface area contributed by atoms with Gasteiger partial charge in [0.05, 0.1) is 6.42 Å². The Morgan fingerprint density at radius 1 is 1.14 bits per heavy atom. The number of aromatic nitrogens is 3. The zero-order valence-corrected chi connectivity index (χ0v) is 15.7. The number of nitrogens with zero attached hydrogens (tertiary/aromatic N) is 4. The Labute approximate surface area is 164 Å². The molecular formula is C22H24N4O2. The zero-order chi connectivity index (χ0) is 19.3. The Morgan fingerprint density at radius 3 is 2.82 bits per heavy atom. The van der Waals surface area contributed by atoms with Crippen LogP contribution in [0.15, 0.2) is 61.2 Å². The molecule has 1 fully saturated rings. The quantitative estimate of drug-likeness (QED) is 0.743. The lowest BCUT2D eigenvalue weighted by molar-refractivity contribution is -0.131. The molecular weight excluding hydrogens is 352 g/mol. The highest BCUT2D eigenvalue weighted by Gasteiger charge is 2.27. The highest BCUT2D eigenvalue weighted by atomic mass is 16.3. The second kappa shape index (κ2) is 8.25. The molecule has 0 spiro atoms. The van der Waals surface area contributed by atoms with Gasteiger partial charge in [0.15, 0.2) is 0 Å². The summed E-state index contributed by atoms with van der Waals surface area (Å²) in [6, 6.07) is 10.9. The summed E-state index contributed by atoms with van der Waals surface area (Å²) in [4.78, 5) is 23.4. The van der Waals surface area contributed by atoms with E-state index in [1.807, 2.05) is 35.5 Å². The molecule has 1 N–H and O–H groups in total. The van der Waals surface area contributed by atoms with E-state index in [-0.39, 0.29) is 17.6 Å². The van der Waals surface area contributed by atoms with Crippen LogP contribution in [0.4, 0.5) is 0 Å². The number of carbonyl (C=O) groups excluding carboxylic acids is 1. The number of pyridine rings is 1. The summed E-state index contributed by atoms with van der Waals surface area (Å²) in [5.41, 5.74) is 2.02. The fourth-order valence-corrected chi connectivity index (χ4v) is 3.87. The first-order valence-corrected chi connectivity index (χ1v) is 9.64. The molecule has 2 aromatic heterocycles. The molecule has 144 valence electrons. The van der Waals surface area contributed by atoms with Gasteiger partial charge in [0.1, 0.15) is 11.6 Å². The highest BCUT2D eigenvalue weighted by Crippen LogP contribution is 2.27. The lowest BCUT2D eigenvalue weighted by Gasteiger charge is -2.33. The maximum Gasteiger partial charge on any atom is 0.227 e. The number of benzene rings is 1. The lowest BCUT2D eigenvalue weighted by Crippen LogP contribution is -2.40. The molecule has 1 atom stereocenters. The van der Waals surface area contributed by atoms with Gasteiger partial charge in [-0.3, -0.25) is 9.78 Å². The molecule has 0 bridgehead atoms. The number of amides is 1. The van der Waals surface area contributed by atoms with Crippen molar-refractivity contribution in [1.82, 2.24) is 19.4 Å². The van der Waals surface area contributed by atoms with Gasteiger partial charge in [0.25, 0.3) is 0 Å². The molecule has 6 nitrogen and oxygen atoms in total. The van der Waals surface area contributed by atoms with E-state index >= 15 is 0 Å². The molecule has 6 heteroatoms. The molecule has 1 amide bonds. The van der Waals surface area contributed by atoms with Crippen molar-refractivity contribution in [2.45, 2.75) is 31.7 Å². The monoisotopic (exact) mass is 376 g/mol. The molecule has 0 radical (unpaired) electrons. The van der Waals surface area contributed by atoms with Gasteiger partial charge in [-0.15, -0.1) is 0 Å². The van der Waals surface area contributed by atoms with Crippen molar-refractivity contribution < 1.29 is 9.90 Å². The fourth-order valence-electron chi connectivity index (χ4n) is 3.87. The Kier molecular flexibility index (Phi) is 5.37. The van der Waals surface area contributed by atoms with Crippen LogP contribution in [0.3, 0.4) is 0 Å². The van der Waals surface area contributed by atoms with Crippen LogP contribution in [0, 0.1) is 0 Å². The number of phenolic OH excluding ortho intramolecular Hbond substituents is 1. The average Bonchev–Trinajstić information content (AvgIpc) is 3.17. The number of rotatable bonds is 5. The molecule has 1 aliphatic heterocycles. The van der Waals surface area contributed by atoms with Crippen molar-refractivity contribution in [3.63, 3.8) is 0 Å². The smallest absolute Gasteiger partial charge is 0.227 e. The number of aromatic hydroxyl groups is 1. The van der Waals surface area contributed by atoms with Crippen molar-refractivity contribution in [3.05, 3.63) is 78.1 Å². The second-order valence-corrected chi connectivity index (χ2v) is 7.29. The molecule has 0 aliphatic carbocycles. The van der Waals surface area contributed by atoms with Gasteiger partial charge >= 0.3 is 0 Å². The SMILES string of the molecule is O=C(Cc1cccc(O)c1)N1CCC[C@H](c2nccn2Cc2ccncc2)C1. The Bertz CT molecular complexity index is 938. The first kappa shape index (κ1) is 18.2. The van der Waals surface area contributed by atoms with Crippen LogP contribution >= 0.6 is 0 Å². The number of imidazole rings is 1. The molecule has 0 saturated carbocycles. The molecule has 3 aromatic rings. The first-order valence-electron chi connectivity index (χ1n) is 9.64. The van der Waals surface area contributed by atoms with E-state index in [4.69, 9.17) is 0 Å². The third-order valence-corrected chi connectivity index (χ3v) is 5.26. The topological polar surface area (TPSA) is 71.2 Å². The number of carbonyl (C=O) groups is 1. The van der Waals surface area contributed by atoms with Gasteiger partial charge in [-0.1, -0.05) is 12.1 Å². The van der Waals surface area contributed by atoms with Gasteiger partial charge < -0.3 is 14.6 Å². The van der Waals surface area contributed by atoms with Crippen LogP contribution in [0.1, 0.15) is 35.7 Å². The van der Waals surface area contributed by atoms with Gasteiger partial charge in [-0.05, 0) is 48.2 Å². The lowest BCUT2D eigenvalue weighted by atomic mass is 9.96. The van der Waals surface area contributed by atoms with Crippen LogP contribution in [0.5, 0.6) is 5.75 Å². The minimum absolute atomic E-state index is 0.0996. The summed E-state index contributed by atoms with van der Waals surface area (Å²) in [5, 5.41) is 9.62. The van der Waals surface area contributed by atoms with E-state index in [1.165, 1.54) is 5.56 Å². The van der Waals surface area contributed by atoms with E-state index in [0.29, 0.717) is 13.0 Å². The molecule has 1 aromatic carbocycles. The van der Waals surface area contributed by atoms with E-state index in [2.05, 4.69) is 14.5 Å². The largest absolute Gasteiger partial charge is 0.508 e. The van der Waals surface area contributed by atoms with Crippen LogP contribution in [0.2, 0.25) is 0 Å². The molecule has 1 saturated heterocycles. The Balaban J connectivity index is 1.44. The number of hydrogen-bond donors (Lipinski definition) is 1. The summed E-state index contributed by atoms with van der Waals surface area (Å²) in [7, 11) is 0. The number of piperidine rings is 1. The highest BCUT2D eigenvalue weighted by molar-refractivity contribution is 5.79. The standard InChI is InChI=1S/C22H24N4O2/c27-20-5-1-3-18(13-20)14-21(28)25-11-2-4-19(16-25)22-24-10-12-26(22)15-17-6-8-23-9-7-17/h1,3,5-10,12-13,19,27H,2,4,11,14-16H2/t19-/m0/s1. The maximum absolute atomic E-state index is 12.8. The van der Waals surface area contributed by atoms with Gasteiger partial charge in [0.2, 0.25) is 5.91 Å². The van der Waals surface area contributed by atoms with E-state index in [0.717, 1.165) is 37.3 Å². The summed E-state index contributed by atoms with van der Waals surface area (Å²) in [6.45, 7) is 2.22. The van der Waals surface area contributed by atoms with Gasteiger partial charge in [-0.2, -0.15) is 0 Å². The van der Waals surface area contributed by atoms with Crippen LogP contribution in [-0.4, -0.2) is 43.5 Å². The summed E-state index contributed by atoms with van der Waals surface area (Å²) >= 11 is 0. The van der Waals surface area contributed by atoms with Crippen LogP contribution in [0.25, 0.3) is 0 Å². The van der Waals surface area contributed by atoms with Crippen LogP contribution in [-0.2, 0) is 17.8 Å². The second-order valence-electron chi connectivity index (χ2n) is 7.29. The third kappa shape index (κ3) is 4.22. The normalized spacial score (nSPS) is 16.9. The Hall–Kier alpha value is -3.15. The fraction of sp³-hybridized carbons (Fsp3) is 0.318. The van der Waals surface area contributed by atoms with Crippen molar-refractivity contribution >= 4 is 5.91 Å². The van der Waals surface area contributed by atoms with Gasteiger partial charge in [0, 0.05) is 50.3 Å². The summed E-state index contributed by atoms with van der Waals surface area (Å²) in [5.74, 6) is 1.56. The summed E-state index contributed by atoms with van der Waals surface area (Å²) < 4.78 is 2.17. The molecule has 1 aliphatic rings. The van der Waals surface area contributed by atoms with Crippen molar-refractivity contribution in [2.24, 2.45) is 0 Å². The average molecular weight is 376 g/mol. The predicted octanol–water partition coefficient (Wildman–Crippen LogP) is 2.98. The van der Waals surface area contributed by atoms with Crippen molar-refractivity contribution in [3.8, 4) is 5.75 Å². The molecule has 0 unspecified atom stereocenters. The van der Waals surface area contributed by atoms with Gasteiger partial charge in [-0.25, -0.2) is 4.98 Å². The maximum atomic E-state index is 12.8. The molecule has 3 heterocycles. The summed E-state index contributed by atoms with van der Waals surface area (Å²) in [6.07, 6.45) is 9.75. The van der Waals surface area contributed by atoms with E-state index < -0.39 is 0 Å². The number of likely N-dealkylation sites (tertiary alicyclic amines) is 1. The Morgan fingerprint density at radius 2 is 2.00 bits per heavy atom. The minimum atomic E-state index is 0.0996. The molecule has 4 rings (SSSR count). The van der Waals surface area contributed by atoms with E-state index in [1.54, 1.807) is 30.6 Å². The van der Waals surface area contributed by atoms with E-state index in [9.17, 15) is 9.90 Å². The zero-order valence-electron chi connectivity index (χ0n) is 15.7. The number of phenols is 1. The number of hydrogen-bond acceptors (Lipinski definition) is 4. The first-order chi connectivity index (χ1) is 13.7. The predicted molar refractivity (Wildman–Crippen MR) is 106 cm³/mol. The minimum Gasteiger partial charge on any atom is -0.508 e. The molecule has 28 heavy (non-hydrogen) atoms. The van der Waals surface area contributed by atoms with Crippen molar-refractivity contribution in [1.29, 1.82) is 0 Å². The third-order valence-electron chi connectivity index (χ3n) is 5.26. The van der Waals surface area contributed by atoms with Crippen molar-refractivity contribution in [2.75, 3.05) is 13.1 Å².